The van der Waals surface area contributed by atoms with Gasteiger partial charge in [-0.25, -0.2) is 19.7 Å². The number of fused-ring (bicyclic) bond motifs is 1. The quantitative estimate of drug-likeness (QED) is 0.407. The van der Waals surface area contributed by atoms with Crippen LogP contribution >= 0.6 is 23.1 Å². The predicted octanol–water partition coefficient (Wildman–Crippen LogP) is 3.27. The van der Waals surface area contributed by atoms with Gasteiger partial charge in [0.2, 0.25) is 5.88 Å². The van der Waals surface area contributed by atoms with Gasteiger partial charge >= 0.3 is 5.97 Å². The normalized spacial score (nSPS) is 10.7. The Kier molecular flexibility index (Phi) is 4.44. The minimum Gasteiger partial charge on any atom is -0.481 e. The van der Waals surface area contributed by atoms with Crippen molar-refractivity contribution in [2.24, 2.45) is 0 Å². The Labute approximate surface area is 140 Å². The molecule has 118 valence electrons. The Morgan fingerprint density at radius 2 is 2.09 bits per heavy atom. The Bertz CT molecular complexity index is 880. The summed E-state index contributed by atoms with van der Waals surface area (Å²) < 4.78 is 10.9. The zero-order valence-corrected chi connectivity index (χ0v) is 14.3. The maximum atomic E-state index is 12.2. The smallest absolute Gasteiger partial charge is 0.348 e. The standard InChI is InChI=1S/C15H13N3O3S2/c1-20-10-6-4-5-8(17-10)11-12-9(7-16-15(18-12)22-3)23-13(11)14(19)21-2/h4-7H,1-3H3. The number of esters is 1. The monoisotopic (exact) mass is 347 g/mol. The van der Waals surface area contributed by atoms with Crippen molar-refractivity contribution >= 4 is 39.3 Å². The van der Waals surface area contributed by atoms with Gasteiger partial charge in [0.15, 0.2) is 5.16 Å². The molecule has 3 heterocycles. The van der Waals surface area contributed by atoms with Crippen molar-refractivity contribution < 1.29 is 14.3 Å². The van der Waals surface area contributed by atoms with Crippen molar-refractivity contribution in [1.82, 2.24) is 15.0 Å². The zero-order chi connectivity index (χ0) is 16.4. The van der Waals surface area contributed by atoms with Crippen LogP contribution in [0.5, 0.6) is 5.88 Å². The summed E-state index contributed by atoms with van der Waals surface area (Å²) in [5.74, 6) is 0.0510. The fraction of sp³-hybridized carbons (Fsp3) is 0.200. The lowest BCUT2D eigenvalue weighted by Crippen LogP contribution is -2.01. The van der Waals surface area contributed by atoms with Gasteiger partial charge in [0.05, 0.1) is 35.7 Å². The highest BCUT2D eigenvalue weighted by Gasteiger charge is 2.23. The average molecular weight is 347 g/mol. The van der Waals surface area contributed by atoms with Gasteiger partial charge in [-0.1, -0.05) is 17.8 Å². The highest BCUT2D eigenvalue weighted by atomic mass is 32.2. The number of hydrogen-bond donors (Lipinski definition) is 0. The van der Waals surface area contributed by atoms with E-state index in [2.05, 4.69) is 15.0 Å². The molecular formula is C15H13N3O3S2. The van der Waals surface area contributed by atoms with Crippen LogP contribution in [-0.2, 0) is 4.74 Å². The van der Waals surface area contributed by atoms with Crippen LogP contribution in [0, 0.1) is 0 Å². The Balaban J connectivity index is 2.31. The molecule has 0 atom stereocenters. The molecule has 23 heavy (non-hydrogen) atoms. The second kappa shape index (κ2) is 6.51. The lowest BCUT2D eigenvalue weighted by Gasteiger charge is -2.05. The van der Waals surface area contributed by atoms with Gasteiger partial charge in [-0.15, -0.1) is 11.3 Å². The molecule has 0 bridgehead atoms. The van der Waals surface area contributed by atoms with Crippen LogP contribution in [0.25, 0.3) is 21.5 Å². The van der Waals surface area contributed by atoms with E-state index in [1.54, 1.807) is 19.4 Å². The third-order valence-corrected chi connectivity index (χ3v) is 4.81. The molecule has 8 heteroatoms. The first kappa shape index (κ1) is 15.7. The van der Waals surface area contributed by atoms with Crippen LogP contribution in [-0.4, -0.2) is 41.4 Å². The number of nitrogens with zero attached hydrogens (tertiary/aromatic N) is 3. The number of thiophene rings is 1. The molecule has 0 unspecified atom stereocenters. The molecule has 0 amide bonds. The highest BCUT2D eigenvalue weighted by molar-refractivity contribution is 7.98. The lowest BCUT2D eigenvalue weighted by molar-refractivity contribution is 0.0607. The number of hydrogen-bond acceptors (Lipinski definition) is 8. The Morgan fingerprint density at radius 1 is 1.26 bits per heavy atom. The van der Waals surface area contributed by atoms with Crippen LogP contribution in [0.4, 0.5) is 0 Å². The van der Waals surface area contributed by atoms with Crippen molar-refractivity contribution in [3.63, 3.8) is 0 Å². The van der Waals surface area contributed by atoms with Crippen molar-refractivity contribution in [1.29, 1.82) is 0 Å². The maximum Gasteiger partial charge on any atom is 0.348 e. The van der Waals surface area contributed by atoms with Gasteiger partial charge in [-0.3, -0.25) is 0 Å². The molecule has 0 aliphatic rings. The fourth-order valence-electron chi connectivity index (χ4n) is 2.12. The molecule has 0 spiro atoms. The van der Waals surface area contributed by atoms with E-state index in [0.29, 0.717) is 32.7 Å². The largest absolute Gasteiger partial charge is 0.481 e. The maximum absolute atomic E-state index is 12.2. The van der Waals surface area contributed by atoms with Crippen molar-refractivity contribution in [2.45, 2.75) is 5.16 Å². The fourth-order valence-corrected chi connectivity index (χ4v) is 3.50. The first-order valence-electron chi connectivity index (χ1n) is 6.61. The number of rotatable bonds is 4. The van der Waals surface area contributed by atoms with Crippen molar-refractivity contribution in [2.75, 3.05) is 20.5 Å². The molecule has 0 saturated heterocycles. The number of thioether (sulfide) groups is 1. The summed E-state index contributed by atoms with van der Waals surface area (Å²) >= 11 is 2.73. The molecule has 3 aromatic heterocycles. The van der Waals surface area contributed by atoms with E-state index in [9.17, 15) is 4.79 Å². The van der Waals surface area contributed by atoms with Gasteiger partial charge in [0.25, 0.3) is 0 Å². The molecule has 3 aromatic rings. The SMILES string of the molecule is COC(=O)c1sc2cnc(SC)nc2c1-c1cccc(OC)n1. The van der Waals surface area contributed by atoms with Gasteiger partial charge in [0.1, 0.15) is 4.88 Å². The summed E-state index contributed by atoms with van der Waals surface area (Å²) in [6, 6.07) is 5.39. The predicted molar refractivity (Wildman–Crippen MR) is 90.3 cm³/mol. The Morgan fingerprint density at radius 3 is 2.78 bits per heavy atom. The van der Waals surface area contributed by atoms with Crippen LogP contribution in [0.2, 0.25) is 0 Å². The molecular weight excluding hydrogens is 334 g/mol. The summed E-state index contributed by atoms with van der Waals surface area (Å²) in [6.07, 6.45) is 3.62. The first-order chi connectivity index (χ1) is 11.2. The zero-order valence-electron chi connectivity index (χ0n) is 12.7. The first-order valence-corrected chi connectivity index (χ1v) is 8.65. The number of carbonyl (C=O) groups excluding carboxylic acids is 1. The van der Waals surface area contributed by atoms with Crippen LogP contribution < -0.4 is 4.74 Å². The van der Waals surface area contributed by atoms with Gasteiger partial charge in [0, 0.05) is 12.3 Å². The molecule has 0 saturated carbocycles. The summed E-state index contributed by atoms with van der Waals surface area (Å²) in [6.45, 7) is 0. The molecule has 0 aliphatic carbocycles. The third kappa shape index (κ3) is 2.87. The highest BCUT2D eigenvalue weighted by Crippen LogP contribution is 2.38. The van der Waals surface area contributed by atoms with E-state index in [1.165, 1.54) is 30.2 Å². The van der Waals surface area contributed by atoms with Crippen LogP contribution in [0.15, 0.2) is 29.6 Å². The number of ether oxygens (including phenoxy) is 2. The van der Waals surface area contributed by atoms with E-state index in [4.69, 9.17) is 9.47 Å². The minimum atomic E-state index is -0.418. The second-order valence-corrected chi connectivity index (χ2v) is 6.26. The molecule has 3 rings (SSSR count). The molecule has 6 nitrogen and oxygen atoms in total. The van der Waals surface area contributed by atoms with Crippen molar-refractivity contribution in [3.8, 4) is 17.1 Å². The van der Waals surface area contributed by atoms with E-state index >= 15 is 0 Å². The summed E-state index contributed by atoms with van der Waals surface area (Å²) in [5, 5.41) is 0.635. The minimum absolute atomic E-state index is 0.418. The van der Waals surface area contributed by atoms with E-state index in [0.717, 1.165) is 4.70 Å². The molecule has 0 fully saturated rings. The number of carbonyl (C=O) groups is 1. The molecule has 0 N–H and O–H groups in total. The summed E-state index contributed by atoms with van der Waals surface area (Å²) in [5.41, 5.74) is 1.95. The number of aromatic nitrogens is 3. The van der Waals surface area contributed by atoms with Crippen LogP contribution in [0.3, 0.4) is 0 Å². The second-order valence-electron chi connectivity index (χ2n) is 4.43. The number of pyridine rings is 1. The van der Waals surface area contributed by atoms with Gasteiger partial charge in [-0.05, 0) is 12.3 Å². The van der Waals surface area contributed by atoms with Gasteiger partial charge in [-0.2, -0.15) is 0 Å². The van der Waals surface area contributed by atoms with Crippen LogP contribution in [0.1, 0.15) is 9.67 Å². The molecule has 0 aliphatic heterocycles. The van der Waals surface area contributed by atoms with Crippen molar-refractivity contribution in [3.05, 3.63) is 29.3 Å². The third-order valence-electron chi connectivity index (χ3n) is 3.15. The lowest BCUT2D eigenvalue weighted by atomic mass is 10.1. The topological polar surface area (TPSA) is 74.2 Å². The van der Waals surface area contributed by atoms with E-state index < -0.39 is 5.97 Å². The average Bonchev–Trinajstić information content (AvgIpc) is 2.99. The summed E-state index contributed by atoms with van der Waals surface area (Å²) in [4.78, 5) is 25.8. The molecule has 0 aromatic carbocycles. The molecule has 0 radical (unpaired) electrons. The summed E-state index contributed by atoms with van der Waals surface area (Å²) in [7, 11) is 2.90. The van der Waals surface area contributed by atoms with E-state index in [1.807, 2.05) is 18.4 Å². The number of methoxy groups -OCH3 is 2. The Hall–Kier alpha value is -2.19. The van der Waals surface area contributed by atoms with Gasteiger partial charge < -0.3 is 9.47 Å². The van der Waals surface area contributed by atoms with E-state index in [-0.39, 0.29) is 0 Å².